The summed E-state index contributed by atoms with van der Waals surface area (Å²) in [4.78, 5) is 32.2. The number of rotatable bonds is 2. The van der Waals surface area contributed by atoms with E-state index in [-0.39, 0.29) is 44.6 Å². The number of benzene rings is 4. The second-order valence-electron chi connectivity index (χ2n) is 16.9. The van der Waals surface area contributed by atoms with Gasteiger partial charge in [-0.25, -0.2) is 9.59 Å². The number of ether oxygens (including phenoxy) is 2. The van der Waals surface area contributed by atoms with Crippen molar-refractivity contribution in [2.45, 2.75) is 91.1 Å². The lowest BCUT2D eigenvalue weighted by atomic mass is 9.72. The number of fused-ring (bicyclic) bond motifs is 5. The van der Waals surface area contributed by atoms with Crippen LogP contribution in [0.15, 0.2) is 96.4 Å². The van der Waals surface area contributed by atoms with Crippen molar-refractivity contribution in [3.05, 3.63) is 130 Å². The third-order valence-electron chi connectivity index (χ3n) is 10.8. The predicted molar refractivity (Wildman–Crippen MR) is 200 cm³/mol. The van der Waals surface area contributed by atoms with E-state index >= 15 is 0 Å². The van der Waals surface area contributed by atoms with Gasteiger partial charge in [0.25, 0.3) is 0 Å². The third kappa shape index (κ3) is 4.40. The summed E-state index contributed by atoms with van der Waals surface area (Å²) in [6.45, 7) is 22.1. The first-order chi connectivity index (χ1) is 23.4. The molecular weight excluding hydrogens is 620 g/mol. The van der Waals surface area contributed by atoms with Gasteiger partial charge < -0.3 is 19.3 Å². The molecule has 0 saturated heterocycles. The van der Waals surface area contributed by atoms with E-state index in [0.717, 1.165) is 22.5 Å². The maximum atomic E-state index is 13.7. The Bertz CT molecular complexity index is 2080. The second-order valence-corrected chi connectivity index (χ2v) is 16.9. The van der Waals surface area contributed by atoms with Crippen LogP contribution in [-0.2, 0) is 29.9 Å². The normalized spacial score (nSPS) is 18.7. The van der Waals surface area contributed by atoms with E-state index in [2.05, 4.69) is 152 Å². The van der Waals surface area contributed by atoms with E-state index < -0.39 is 11.9 Å². The topological polar surface area (TPSA) is 59.1 Å². The zero-order chi connectivity index (χ0) is 35.7. The average molecular weight is 665 g/mol. The molecule has 50 heavy (non-hydrogen) atoms. The number of carbonyl (C=O) groups excluding carboxylic acids is 2. The number of carbonyl (C=O) groups is 2. The fraction of sp³-hybridized carbons (Fsp3) is 0.318. The molecule has 6 heteroatoms. The Morgan fingerprint density at radius 2 is 0.820 bits per heavy atom. The van der Waals surface area contributed by atoms with E-state index in [1.165, 1.54) is 22.5 Å². The lowest BCUT2D eigenvalue weighted by Crippen LogP contribution is -2.43. The average Bonchev–Trinajstić information content (AvgIpc) is 3.51. The van der Waals surface area contributed by atoms with Crippen molar-refractivity contribution >= 4 is 45.8 Å². The number of esters is 2. The van der Waals surface area contributed by atoms with Crippen molar-refractivity contribution in [1.29, 1.82) is 0 Å². The summed E-state index contributed by atoms with van der Waals surface area (Å²) in [5.74, 6) is -0.661. The summed E-state index contributed by atoms with van der Waals surface area (Å²) < 4.78 is 11.9. The van der Waals surface area contributed by atoms with Crippen LogP contribution in [0.25, 0.3) is 11.1 Å². The van der Waals surface area contributed by atoms with Gasteiger partial charge in [-0.15, -0.1) is 0 Å². The second kappa shape index (κ2) is 10.2. The van der Waals surface area contributed by atoms with Gasteiger partial charge in [0.1, 0.15) is 11.1 Å². The monoisotopic (exact) mass is 664 g/mol. The summed E-state index contributed by atoms with van der Waals surface area (Å²) in [7, 11) is 0. The summed E-state index contributed by atoms with van der Waals surface area (Å²) in [5, 5.41) is 0. The molecule has 4 heterocycles. The number of hydrogen-bond acceptors (Lipinski definition) is 6. The van der Waals surface area contributed by atoms with Crippen LogP contribution in [0.1, 0.15) is 103 Å². The van der Waals surface area contributed by atoms with Crippen LogP contribution in [0.4, 0.5) is 22.7 Å². The molecule has 6 nitrogen and oxygen atoms in total. The van der Waals surface area contributed by atoms with Crippen LogP contribution in [-0.4, -0.2) is 23.0 Å². The molecule has 0 saturated carbocycles. The van der Waals surface area contributed by atoms with Gasteiger partial charge in [0.2, 0.25) is 0 Å². The Kier molecular flexibility index (Phi) is 6.57. The Morgan fingerprint density at radius 3 is 1.18 bits per heavy atom. The Hall–Kier alpha value is -5.10. The highest BCUT2D eigenvalue weighted by Crippen LogP contribution is 2.55. The summed E-state index contributed by atoms with van der Waals surface area (Å²) >= 11 is 0. The highest BCUT2D eigenvalue weighted by molar-refractivity contribution is 6.29. The van der Waals surface area contributed by atoms with Gasteiger partial charge >= 0.3 is 11.9 Å². The number of anilines is 4. The molecule has 4 aromatic rings. The molecular formula is C44H44N2O4. The molecule has 0 atom stereocenters. The van der Waals surface area contributed by atoms with Crippen molar-refractivity contribution in [2.24, 2.45) is 0 Å². The third-order valence-corrected chi connectivity index (χ3v) is 10.8. The first-order valence-corrected chi connectivity index (χ1v) is 17.4. The van der Waals surface area contributed by atoms with E-state index in [1.807, 2.05) is 12.1 Å². The molecule has 4 aliphatic heterocycles. The maximum Gasteiger partial charge on any atom is 0.348 e. The lowest BCUT2D eigenvalue weighted by molar-refractivity contribution is -0.131. The van der Waals surface area contributed by atoms with E-state index in [1.54, 1.807) is 0 Å². The Labute approximate surface area is 295 Å². The van der Waals surface area contributed by atoms with Gasteiger partial charge in [0, 0.05) is 44.7 Å². The number of hydrogen-bond donors (Lipinski definition) is 0. The smallest absolute Gasteiger partial charge is 0.348 e. The zero-order valence-electron chi connectivity index (χ0n) is 30.6. The first kappa shape index (κ1) is 32.1. The van der Waals surface area contributed by atoms with E-state index in [0.29, 0.717) is 11.1 Å². The van der Waals surface area contributed by atoms with Gasteiger partial charge in [-0.05, 0) is 111 Å². The quantitative estimate of drug-likeness (QED) is 0.199. The highest BCUT2D eigenvalue weighted by Gasteiger charge is 2.47. The van der Waals surface area contributed by atoms with Crippen LogP contribution in [0.3, 0.4) is 0 Å². The zero-order valence-corrected chi connectivity index (χ0v) is 30.6. The lowest BCUT2D eigenvalue weighted by Gasteiger charge is -2.48. The predicted octanol–water partition coefficient (Wildman–Crippen LogP) is 10.1. The molecule has 0 radical (unpaired) electrons. The molecule has 0 bridgehead atoms. The van der Waals surface area contributed by atoms with E-state index in [9.17, 15) is 9.59 Å². The molecule has 0 N–H and O–H groups in total. The number of para-hydroxylation sites is 2. The van der Waals surface area contributed by atoms with Gasteiger partial charge in [-0.1, -0.05) is 76.2 Å². The van der Waals surface area contributed by atoms with Crippen molar-refractivity contribution in [3.63, 3.8) is 0 Å². The number of nitrogens with zero attached hydrogens (tertiary/aromatic N) is 2. The van der Waals surface area contributed by atoms with Gasteiger partial charge in [0.15, 0.2) is 11.5 Å². The van der Waals surface area contributed by atoms with E-state index in [4.69, 9.17) is 9.47 Å². The molecule has 8 rings (SSSR count). The largest absolute Gasteiger partial charge is 0.418 e. The van der Waals surface area contributed by atoms with Crippen molar-refractivity contribution in [2.75, 3.05) is 9.80 Å². The van der Waals surface area contributed by atoms with Gasteiger partial charge in [-0.2, -0.15) is 0 Å². The molecule has 0 unspecified atom stereocenters. The molecule has 0 fully saturated rings. The van der Waals surface area contributed by atoms with Crippen molar-refractivity contribution in [1.82, 2.24) is 0 Å². The molecule has 0 aromatic heterocycles. The minimum Gasteiger partial charge on any atom is -0.418 e. The van der Waals surface area contributed by atoms with Crippen molar-refractivity contribution in [3.8, 4) is 0 Å². The minimum absolute atomic E-state index is 0.190. The summed E-state index contributed by atoms with van der Waals surface area (Å²) in [5.41, 5.74) is 9.92. The van der Waals surface area contributed by atoms with Crippen LogP contribution in [0.5, 0.6) is 0 Å². The molecule has 0 spiro atoms. The van der Waals surface area contributed by atoms with Crippen LogP contribution >= 0.6 is 0 Å². The summed E-state index contributed by atoms with van der Waals surface area (Å²) in [6, 6.07) is 29.2. The van der Waals surface area contributed by atoms with Crippen LogP contribution < -0.4 is 9.80 Å². The fourth-order valence-electron chi connectivity index (χ4n) is 8.56. The van der Waals surface area contributed by atoms with Crippen molar-refractivity contribution < 1.29 is 19.1 Å². The fourth-order valence-corrected chi connectivity index (χ4v) is 8.56. The standard InChI is InChI=1S/C44H44N2O4/c1-41(2,3)45-31-17-13-11-15-27(31)43(7,8)29-23-25(19-21-33(29)45)35-37-38(50-39(35)47)36(40(48)49-37)26-20-22-34-30(24-26)44(9,10)28-16-12-14-18-32(28)46(34)42(4,5)6/h11-24H,1-10H3. The Morgan fingerprint density at radius 1 is 0.480 bits per heavy atom. The van der Waals surface area contributed by atoms with Gasteiger partial charge in [-0.3, -0.25) is 0 Å². The van der Waals surface area contributed by atoms with Crippen LogP contribution in [0.2, 0.25) is 0 Å². The highest BCUT2D eigenvalue weighted by atomic mass is 16.6. The first-order valence-electron chi connectivity index (χ1n) is 17.4. The SMILES string of the molecule is CC1(C)c2ccccc2N(C(C)(C)C)c2ccc(C3=C4OC(=O)C(c5ccc6c(c5)C(C)(C)c5ccccc5N6C(C)(C)C)=C4OC3=O)cc21. The van der Waals surface area contributed by atoms with Gasteiger partial charge in [0.05, 0.1) is 0 Å². The molecule has 0 amide bonds. The molecule has 4 aliphatic rings. The molecule has 254 valence electrons. The molecule has 0 aliphatic carbocycles. The molecule has 4 aromatic carbocycles. The van der Waals surface area contributed by atoms with Crippen LogP contribution in [0, 0.1) is 0 Å². The maximum absolute atomic E-state index is 13.7. The Balaban J connectivity index is 1.27. The minimum atomic E-state index is -0.521. The summed E-state index contributed by atoms with van der Waals surface area (Å²) in [6.07, 6.45) is 0.